The molecule has 0 bridgehead atoms. The summed E-state index contributed by atoms with van der Waals surface area (Å²) in [6.45, 7) is 8.55. The van der Waals surface area contributed by atoms with Crippen LogP contribution in [0.3, 0.4) is 0 Å². The highest BCUT2D eigenvalue weighted by atomic mass is 16.5. The van der Waals surface area contributed by atoms with Crippen LogP contribution in [0.25, 0.3) is 0 Å². The van der Waals surface area contributed by atoms with Gasteiger partial charge in [0, 0.05) is 57.1 Å². The van der Waals surface area contributed by atoms with E-state index in [-0.39, 0.29) is 24.2 Å². The molecule has 0 saturated carbocycles. The maximum Gasteiger partial charge on any atom is 0.270 e. The van der Waals surface area contributed by atoms with E-state index in [4.69, 9.17) is 4.74 Å². The lowest BCUT2D eigenvalue weighted by Crippen LogP contribution is -2.46. The molecule has 0 aromatic carbocycles. The topological polar surface area (TPSA) is 77.2 Å². The average molecular weight is 387 g/mol. The van der Waals surface area contributed by atoms with Crippen molar-refractivity contribution in [1.82, 2.24) is 24.6 Å². The lowest BCUT2D eigenvalue weighted by atomic mass is 9.98. The lowest BCUT2D eigenvalue weighted by Gasteiger charge is -2.33. The van der Waals surface area contributed by atoms with Gasteiger partial charge >= 0.3 is 0 Å². The molecular weight excluding hydrogens is 356 g/mol. The molecule has 2 aromatic rings. The second kappa shape index (κ2) is 7.58. The SMILES string of the molecule is CCn1nc2c(c1C(=O)NC1CCN(c3nccn3C)CC1)C[C@H](C)O[C@@H]2C. The molecule has 1 fully saturated rings. The quantitative estimate of drug-likeness (QED) is 0.870. The fourth-order valence-electron chi connectivity index (χ4n) is 4.42. The summed E-state index contributed by atoms with van der Waals surface area (Å²) in [6.07, 6.45) is 6.38. The molecule has 2 aliphatic rings. The number of rotatable bonds is 4. The van der Waals surface area contributed by atoms with E-state index >= 15 is 0 Å². The Morgan fingerprint density at radius 1 is 1.32 bits per heavy atom. The minimum Gasteiger partial charge on any atom is -0.369 e. The first-order chi connectivity index (χ1) is 13.5. The van der Waals surface area contributed by atoms with E-state index in [0.29, 0.717) is 12.2 Å². The number of piperidine rings is 1. The number of nitrogens with one attached hydrogen (secondary N) is 1. The number of imidazole rings is 1. The van der Waals surface area contributed by atoms with Crippen molar-refractivity contribution >= 4 is 11.9 Å². The van der Waals surface area contributed by atoms with Crippen molar-refractivity contribution in [2.75, 3.05) is 18.0 Å². The van der Waals surface area contributed by atoms with Gasteiger partial charge in [0.05, 0.1) is 17.9 Å². The van der Waals surface area contributed by atoms with E-state index in [0.717, 1.165) is 49.6 Å². The molecule has 2 atom stereocenters. The van der Waals surface area contributed by atoms with Crippen molar-refractivity contribution in [3.63, 3.8) is 0 Å². The van der Waals surface area contributed by atoms with Gasteiger partial charge in [0.15, 0.2) is 0 Å². The maximum absolute atomic E-state index is 13.2. The fourth-order valence-corrected chi connectivity index (χ4v) is 4.42. The number of amides is 1. The number of carbonyl (C=O) groups excluding carboxylic acids is 1. The number of carbonyl (C=O) groups is 1. The van der Waals surface area contributed by atoms with Crippen LogP contribution < -0.4 is 10.2 Å². The van der Waals surface area contributed by atoms with E-state index in [1.807, 2.05) is 42.5 Å². The number of anilines is 1. The first-order valence-corrected chi connectivity index (χ1v) is 10.3. The minimum atomic E-state index is -0.0703. The largest absolute Gasteiger partial charge is 0.369 e. The predicted octanol–water partition coefficient (Wildman–Crippen LogP) is 2.06. The van der Waals surface area contributed by atoms with Crippen molar-refractivity contribution in [3.05, 3.63) is 29.3 Å². The van der Waals surface area contributed by atoms with Crippen LogP contribution in [-0.2, 0) is 24.8 Å². The number of fused-ring (bicyclic) bond motifs is 1. The smallest absolute Gasteiger partial charge is 0.270 e. The third kappa shape index (κ3) is 3.41. The Morgan fingerprint density at radius 2 is 2.07 bits per heavy atom. The molecule has 1 saturated heterocycles. The Labute approximate surface area is 165 Å². The third-order valence-corrected chi connectivity index (χ3v) is 5.82. The van der Waals surface area contributed by atoms with E-state index in [1.165, 1.54) is 0 Å². The Bertz CT molecular complexity index is 849. The highest BCUT2D eigenvalue weighted by molar-refractivity contribution is 5.94. The van der Waals surface area contributed by atoms with Crippen molar-refractivity contribution < 1.29 is 9.53 Å². The third-order valence-electron chi connectivity index (χ3n) is 5.82. The molecule has 0 spiro atoms. The second-order valence-corrected chi connectivity index (χ2v) is 7.89. The number of aromatic nitrogens is 4. The number of hydrogen-bond acceptors (Lipinski definition) is 5. The van der Waals surface area contributed by atoms with Crippen LogP contribution in [0.15, 0.2) is 12.4 Å². The Kier molecular flexibility index (Phi) is 5.14. The van der Waals surface area contributed by atoms with Gasteiger partial charge in [-0.2, -0.15) is 5.10 Å². The van der Waals surface area contributed by atoms with Gasteiger partial charge in [-0.05, 0) is 33.6 Å². The van der Waals surface area contributed by atoms with E-state index < -0.39 is 0 Å². The first kappa shape index (κ1) is 19.0. The van der Waals surface area contributed by atoms with Crippen LogP contribution in [0, 0.1) is 0 Å². The fraction of sp³-hybridized carbons (Fsp3) is 0.650. The Balaban J connectivity index is 1.46. The van der Waals surface area contributed by atoms with Gasteiger partial charge in [0.2, 0.25) is 5.95 Å². The lowest BCUT2D eigenvalue weighted by molar-refractivity contribution is -0.00712. The number of ether oxygens (including phenoxy) is 1. The van der Waals surface area contributed by atoms with Crippen LogP contribution in [-0.4, -0.2) is 50.5 Å². The standard InChI is InChI=1S/C20H30N6O2/c1-5-26-18(16-12-13(2)28-14(3)17(16)23-26)19(27)22-15-6-9-25(10-7-15)20-21-8-11-24(20)4/h8,11,13-15H,5-7,9-10,12H2,1-4H3,(H,22,27)/t13-,14+/m0/s1. The van der Waals surface area contributed by atoms with Crippen molar-refractivity contribution in [3.8, 4) is 0 Å². The summed E-state index contributed by atoms with van der Waals surface area (Å²) < 4.78 is 9.76. The van der Waals surface area contributed by atoms with E-state index in [2.05, 4.69) is 27.2 Å². The van der Waals surface area contributed by atoms with Crippen molar-refractivity contribution in [2.45, 2.75) is 64.8 Å². The van der Waals surface area contributed by atoms with Gasteiger partial charge in [0.1, 0.15) is 5.69 Å². The van der Waals surface area contributed by atoms with Crippen LogP contribution in [0.1, 0.15) is 61.5 Å². The van der Waals surface area contributed by atoms with E-state index in [9.17, 15) is 4.79 Å². The summed E-state index contributed by atoms with van der Waals surface area (Å²) in [7, 11) is 2.01. The highest BCUT2D eigenvalue weighted by Crippen LogP contribution is 2.31. The average Bonchev–Trinajstić information content (AvgIpc) is 3.25. The molecule has 4 rings (SSSR count). The maximum atomic E-state index is 13.2. The number of aryl methyl sites for hydroxylation is 2. The number of hydrogen-bond donors (Lipinski definition) is 1. The van der Waals surface area contributed by atoms with Gasteiger partial charge < -0.3 is 19.5 Å². The van der Waals surface area contributed by atoms with Crippen LogP contribution in [0.2, 0.25) is 0 Å². The molecule has 0 radical (unpaired) electrons. The van der Waals surface area contributed by atoms with Crippen LogP contribution >= 0.6 is 0 Å². The zero-order chi connectivity index (χ0) is 19.8. The van der Waals surface area contributed by atoms with Gasteiger partial charge in [-0.1, -0.05) is 0 Å². The monoisotopic (exact) mass is 386 g/mol. The van der Waals surface area contributed by atoms with Crippen molar-refractivity contribution in [1.29, 1.82) is 0 Å². The Hall–Kier alpha value is -2.35. The van der Waals surface area contributed by atoms with Gasteiger partial charge in [-0.3, -0.25) is 9.48 Å². The van der Waals surface area contributed by atoms with E-state index in [1.54, 1.807) is 0 Å². The zero-order valence-electron chi connectivity index (χ0n) is 17.2. The molecule has 1 N–H and O–H groups in total. The normalized spacial score (nSPS) is 22.9. The molecule has 8 heteroatoms. The second-order valence-electron chi connectivity index (χ2n) is 7.89. The summed E-state index contributed by atoms with van der Waals surface area (Å²) in [5.74, 6) is 0.984. The number of nitrogens with zero attached hydrogens (tertiary/aromatic N) is 5. The predicted molar refractivity (Wildman–Crippen MR) is 106 cm³/mol. The van der Waals surface area contributed by atoms with Crippen molar-refractivity contribution in [2.24, 2.45) is 7.05 Å². The molecule has 8 nitrogen and oxygen atoms in total. The molecule has 0 aliphatic carbocycles. The molecule has 28 heavy (non-hydrogen) atoms. The first-order valence-electron chi connectivity index (χ1n) is 10.3. The molecule has 152 valence electrons. The van der Waals surface area contributed by atoms with Crippen LogP contribution in [0.4, 0.5) is 5.95 Å². The Morgan fingerprint density at radius 3 is 2.71 bits per heavy atom. The summed E-state index contributed by atoms with van der Waals surface area (Å²) in [4.78, 5) is 19.9. The summed E-state index contributed by atoms with van der Waals surface area (Å²) >= 11 is 0. The zero-order valence-corrected chi connectivity index (χ0v) is 17.2. The van der Waals surface area contributed by atoms with Gasteiger partial charge in [0.25, 0.3) is 5.91 Å². The molecule has 2 aromatic heterocycles. The summed E-state index contributed by atoms with van der Waals surface area (Å²) in [5.41, 5.74) is 2.68. The molecule has 4 heterocycles. The summed E-state index contributed by atoms with van der Waals surface area (Å²) in [6, 6.07) is 0.176. The molecule has 2 aliphatic heterocycles. The molecular formula is C20H30N6O2. The van der Waals surface area contributed by atoms with Crippen LogP contribution in [0.5, 0.6) is 0 Å². The minimum absolute atomic E-state index is 0.00709. The van der Waals surface area contributed by atoms with Gasteiger partial charge in [-0.15, -0.1) is 0 Å². The molecule has 1 amide bonds. The molecule has 0 unspecified atom stereocenters. The summed E-state index contributed by atoms with van der Waals surface area (Å²) in [5, 5.41) is 7.93. The van der Waals surface area contributed by atoms with Gasteiger partial charge in [-0.25, -0.2) is 4.98 Å². The highest BCUT2D eigenvalue weighted by Gasteiger charge is 2.33.